The standard InChI is InChI=1S/C12H22O3/c1-5-11(6-2)14-9-8-10-15-12(7-3)13-4/h5,7,11-12H,1,3,6,8-10H2,2,4H3. The highest BCUT2D eigenvalue weighted by Crippen LogP contribution is 2.01. The number of hydrogen-bond acceptors (Lipinski definition) is 3. The Bertz CT molecular complexity index is 150. The molecule has 0 aromatic heterocycles. The molecule has 0 aromatic carbocycles. The van der Waals surface area contributed by atoms with Crippen molar-refractivity contribution in [3.8, 4) is 0 Å². The Hall–Kier alpha value is -0.640. The van der Waals surface area contributed by atoms with Crippen molar-refractivity contribution in [3.05, 3.63) is 25.3 Å². The van der Waals surface area contributed by atoms with Crippen LogP contribution >= 0.6 is 0 Å². The lowest BCUT2D eigenvalue weighted by molar-refractivity contribution is -0.0948. The molecule has 0 aliphatic carbocycles. The van der Waals surface area contributed by atoms with E-state index >= 15 is 0 Å². The molecule has 0 aliphatic heterocycles. The summed E-state index contributed by atoms with van der Waals surface area (Å²) in [6.45, 7) is 10.6. The fourth-order valence-corrected chi connectivity index (χ4v) is 1.08. The summed E-state index contributed by atoms with van der Waals surface area (Å²) >= 11 is 0. The van der Waals surface area contributed by atoms with E-state index in [2.05, 4.69) is 20.1 Å². The second-order valence-electron chi connectivity index (χ2n) is 3.12. The van der Waals surface area contributed by atoms with E-state index in [1.54, 1.807) is 13.2 Å². The highest BCUT2D eigenvalue weighted by Gasteiger charge is 2.02. The van der Waals surface area contributed by atoms with Gasteiger partial charge in [-0.05, 0) is 18.9 Å². The van der Waals surface area contributed by atoms with Gasteiger partial charge in [-0.3, -0.25) is 0 Å². The van der Waals surface area contributed by atoms with Crippen molar-refractivity contribution in [3.63, 3.8) is 0 Å². The fraction of sp³-hybridized carbons (Fsp3) is 0.667. The van der Waals surface area contributed by atoms with Crippen LogP contribution in [-0.4, -0.2) is 32.7 Å². The van der Waals surface area contributed by atoms with Crippen LogP contribution in [0.5, 0.6) is 0 Å². The van der Waals surface area contributed by atoms with Crippen molar-refractivity contribution in [2.45, 2.75) is 32.2 Å². The van der Waals surface area contributed by atoms with Crippen LogP contribution in [0.1, 0.15) is 19.8 Å². The van der Waals surface area contributed by atoms with Crippen LogP contribution in [0.15, 0.2) is 25.3 Å². The summed E-state index contributed by atoms with van der Waals surface area (Å²) in [5, 5.41) is 0. The first-order valence-electron chi connectivity index (χ1n) is 5.29. The largest absolute Gasteiger partial charge is 0.374 e. The van der Waals surface area contributed by atoms with E-state index in [1.807, 2.05) is 6.08 Å². The number of hydrogen-bond donors (Lipinski definition) is 0. The van der Waals surface area contributed by atoms with E-state index in [0.717, 1.165) is 12.8 Å². The molecular weight excluding hydrogens is 192 g/mol. The summed E-state index contributed by atoms with van der Waals surface area (Å²) in [4.78, 5) is 0. The zero-order valence-electron chi connectivity index (χ0n) is 9.78. The molecule has 15 heavy (non-hydrogen) atoms. The molecular formula is C12H22O3. The van der Waals surface area contributed by atoms with Crippen molar-refractivity contribution >= 4 is 0 Å². The van der Waals surface area contributed by atoms with E-state index in [1.165, 1.54) is 0 Å². The van der Waals surface area contributed by atoms with Crippen molar-refractivity contribution in [2.24, 2.45) is 0 Å². The van der Waals surface area contributed by atoms with Gasteiger partial charge in [0, 0.05) is 13.7 Å². The number of ether oxygens (including phenoxy) is 3. The molecule has 0 heterocycles. The van der Waals surface area contributed by atoms with Gasteiger partial charge in [0.1, 0.15) is 0 Å². The van der Waals surface area contributed by atoms with Gasteiger partial charge in [-0.15, -0.1) is 6.58 Å². The van der Waals surface area contributed by atoms with Gasteiger partial charge in [-0.1, -0.05) is 19.6 Å². The first-order valence-corrected chi connectivity index (χ1v) is 5.29. The third-order valence-corrected chi connectivity index (χ3v) is 1.99. The molecule has 0 radical (unpaired) electrons. The van der Waals surface area contributed by atoms with E-state index in [9.17, 15) is 0 Å². The summed E-state index contributed by atoms with van der Waals surface area (Å²) in [6.07, 6.45) is 5.09. The second-order valence-corrected chi connectivity index (χ2v) is 3.12. The Balaban J connectivity index is 3.38. The van der Waals surface area contributed by atoms with Crippen LogP contribution < -0.4 is 0 Å². The quantitative estimate of drug-likeness (QED) is 0.318. The number of methoxy groups -OCH3 is 1. The minimum absolute atomic E-state index is 0.155. The lowest BCUT2D eigenvalue weighted by atomic mass is 10.3. The number of rotatable bonds is 10. The fourth-order valence-electron chi connectivity index (χ4n) is 1.08. The predicted molar refractivity (Wildman–Crippen MR) is 61.8 cm³/mol. The summed E-state index contributed by atoms with van der Waals surface area (Å²) in [7, 11) is 1.59. The van der Waals surface area contributed by atoms with E-state index in [0.29, 0.717) is 13.2 Å². The van der Waals surface area contributed by atoms with E-state index < -0.39 is 0 Å². The lowest BCUT2D eigenvalue weighted by Gasteiger charge is -2.13. The molecule has 0 N–H and O–H groups in total. The highest BCUT2D eigenvalue weighted by molar-refractivity contribution is 4.78. The summed E-state index contributed by atoms with van der Waals surface area (Å²) in [6, 6.07) is 0. The summed E-state index contributed by atoms with van der Waals surface area (Å²) < 4.78 is 15.8. The Morgan fingerprint density at radius 2 is 1.80 bits per heavy atom. The van der Waals surface area contributed by atoms with Crippen LogP contribution in [0.4, 0.5) is 0 Å². The minimum Gasteiger partial charge on any atom is -0.374 e. The minimum atomic E-state index is -0.314. The molecule has 0 spiro atoms. The molecule has 0 saturated carbocycles. The average molecular weight is 214 g/mol. The van der Waals surface area contributed by atoms with E-state index in [-0.39, 0.29) is 12.4 Å². The summed E-state index contributed by atoms with van der Waals surface area (Å²) in [5.74, 6) is 0. The Labute approximate surface area is 92.7 Å². The van der Waals surface area contributed by atoms with Crippen LogP contribution in [0, 0.1) is 0 Å². The van der Waals surface area contributed by atoms with Crippen LogP contribution in [0.2, 0.25) is 0 Å². The Morgan fingerprint density at radius 1 is 1.13 bits per heavy atom. The molecule has 0 aromatic rings. The zero-order valence-corrected chi connectivity index (χ0v) is 9.78. The maximum Gasteiger partial charge on any atom is 0.176 e. The normalized spacial score (nSPS) is 14.5. The molecule has 0 aliphatic rings. The third-order valence-electron chi connectivity index (χ3n) is 1.99. The van der Waals surface area contributed by atoms with Crippen molar-refractivity contribution in [1.82, 2.24) is 0 Å². The van der Waals surface area contributed by atoms with Crippen molar-refractivity contribution in [1.29, 1.82) is 0 Å². The molecule has 0 bridgehead atoms. The molecule has 2 atom stereocenters. The molecule has 3 nitrogen and oxygen atoms in total. The van der Waals surface area contributed by atoms with Crippen LogP contribution in [0.25, 0.3) is 0 Å². The van der Waals surface area contributed by atoms with Gasteiger partial charge in [-0.25, -0.2) is 0 Å². The van der Waals surface area contributed by atoms with Gasteiger partial charge in [0.05, 0.1) is 12.7 Å². The molecule has 0 amide bonds. The topological polar surface area (TPSA) is 27.7 Å². The maximum absolute atomic E-state index is 5.52. The maximum atomic E-state index is 5.52. The monoisotopic (exact) mass is 214 g/mol. The van der Waals surface area contributed by atoms with Crippen LogP contribution in [0.3, 0.4) is 0 Å². The summed E-state index contributed by atoms with van der Waals surface area (Å²) in [5.41, 5.74) is 0. The van der Waals surface area contributed by atoms with Crippen molar-refractivity contribution < 1.29 is 14.2 Å². The lowest BCUT2D eigenvalue weighted by Crippen LogP contribution is -2.15. The molecule has 0 fully saturated rings. The third kappa shape index (κ3) is 7.31. The SMILES string of the molecule is C=CC(CC)OCCCOC(C=C)OC. The zero-order chi connectivity index (χ0) is 11.5. The van der Waals surface area contributed by atoms with Crippen LogP contribution in [-0.2, 0) is 14.2 Å². The van der Waals surface area contributed by atoms with E-state index in [4.69, 9.17) is 14.2 Å². The first-order chi connectivity index (χ1) is 7.28. The van der Waals surface area contributed by atoms with Crippen molar-refractivity contribution in [2.75, 3.05) is 20.3 Å². The molecule has 88 valence electrons. The van der Waals surface area contributed by atoms with Gasteiger partial charge in [0.25, 0.3) is 0 Å². The van der Waals surface area contributed by atoms with Gasteiger partial charge in [0.15, 0.2) is 6.29 Å². The van der Waals surface area contributed by atoms with Gasteiger partial charge < -0.3 is 14.2 Å². The Morgan fingerprint density at radius 3 is 2.27 bits per heavy atom. The Kier molecular flexibility index (Phi) is 9.48. The molecule has 2 unspecified atom stereocenters. The molecule has 3 heteroatoms. The predicted octanol–water partition coefficient (Wildman–Crippen LogP) is 2.53. The average Bonchev–Trinajstić information content (AvgIpc) is 2.29. The van der Waals surface area contributed by atoms with Gasteiger partial charge >= 0.3 is 0 Å². The highest BCUT2D eigenvalue weighted by atomic mass is 16.7. The van der Waals surface area contributed by atoms with Gasteiger partial charge in [0.2, 0.25) is 0 Å². The smallest absolute Gasteiger partial charge is 0.176 e. The van der Waals surface area contributed by atoms with Gasteiger partial charge in [-0.2, -0.15) is 0 Å². The molecule has 0 saturated heterocycles. The molecule has 0 rings (SSSR count). The second kappa shape index (κ2) is 9.90. The first kappa shape index (κ1) is 14.4.